The van der Waals surface area contributed by atoms with E-state index in [1.165, 1.54) is 6.42 Å². The Morgan fingerprint density at radius 1 is 1.15 bits per heavy atom. The molecule has 1 aliphatic rings. The number of para-hydroxylation sites is 1. The first kappa shape index (κ1) is 17.2. The summed E-state index contributed by atoms with van der Waals surface area (Å²) in [6.07, 6.45) is 3.41. The third-order valence-corrected chi connectivity index (χ3v) is 5.35. The Kier molecular flexibility index (Phi) is 4.50. The highest BCUT2D eigenvalue weighted by molar-refractivity contribution is 7.71. The van der Waals surface area contributed by atoms with Gasteiger partial charge in [0.05, 0.1) is 10.7 Å². The molecule has 3 aromatic rings. The van der Waals surface area contributed by atoms with Gasteiger partial charge in [-0.2, -0.15) is 4.98 Å². The van der Waals surface area contributed by atoms with Crippen molar-refractivity contribution in [2.24, 2.45) is 0 Å². The fourth-order valence-electron chi connectivity index (χ4n) is 3.36. The lowest BCUT2D eigenvalue weighted by molar-refractivity contribution is 0.568. The Morgan fingerprint density at radius 3 is 2.62 bits per heavy atom. The molecule has 4 rings (SSSR count). The molecule has 0 amide bonds. The third-order valence-electron chi connectivity index (χ3n) is 4.65. The maximum atomic E-state index is 12.8. The lowest BCUT2D eigenvalue weighted by Gasteiger charge is -2.27. The number of hydrogen-bond donors (Lipinski definition) is 1. The van der Waals surface area contributed by atoms with Crippen molar-refractivity contribution in [2.75, 3.05) is 18.0 Å². The SMILES string of the molecule is Cc1nc2nc(N3CCCCC3)[nH]c(=O)c2c(=S)n1-c1ccccc1Cl. The number of hydrogen-bond acceptors (Lipinski definition) is 5. The maximum Gasteiger partial charge on any atom is 0.264 e. The van der Waals surface area contributed by atoms with Crippen LogP contribution in [-0.2, 0) is 0 Å². The number of nitrogens with one attached hydrogen (secondary N) is 1. The number of aryl methyl sites for hydroxylation is 1. The van der Waals surface area contributed by atoms with Gasteiger partial charge in [-0.05, 0) is 38.3 Å². The summed E-state index contributed by atoms with van der Waals surface area (Å²) in [7, 11) is 0. The molecular formula is C18H18ClN5OS. The van der Waals surface area contributed by atoms with Crippen molar-refractivity contribution in [3.63, 3.8) is 0 Å². The first-order valence-corrected chi connectivity index (χ1v) is 9.38. The van der Waals surface area contributed by atoms with Crippen molar-refractivity contribution in [2.45, 2.75) is 26.2 Å². The van der Waals surface area contributed by atoms with Crippen molar-refractivity contribution in [1.82, 2.24) is 19.5 Å². The van der Waals surface area contributed by atoms with E-state index in [0.29, 0.717) is 38.2 Å². The van der Waals surface area contributed by atoms with Gasteiger partial charge in [0.25, 0.3) is 5.56 Å². The fourth-order valence-corrected chi connectivity index (χ4v) is 3.99. The Bertz CT molecular complexity index is 1100. The van der Waals surface area contributed by atoms with Gasteiger partial charge >= 0.3 is 0 Å². The summed E-state index contributed by atoms with van der Waals surface area (Å²) in [5.74, 6) is 1.21. The second kappa shape index (κ2) is 6.81. The van der Waals surface area contributed by atoms with Crippen LogP contribution in [0, 0.1) is 11.6 Å². The summed E-state index contributed by atoms with van der Waals surface area (Å²) in [5.41, 5.74) is 0.805. The number of aromatic amines is 1. The predicted octanol–water partition coefficient (Wildman–Crippen LogP) is 3.79. The number of benzene rings is 1. The standard InChI is InChI=1S/C18H18ClN5OS/c1-11-20-15-14(17(26)24(11)13-8-4-3-7-12(13)19)16(25)22-18(21-15)23-9-5-2-6-10-23/h3-4,7-8H,2,5-6,9-10H2,1H3,(H,21,22,25). The molecule has 6 nitrogen and oxygen atoms in total. The van der Waals surface area contributed by atoms with Gasteiger partial charge in [0.15, 0.2) is 5.65 Å². The van der Waals surface area contributed by atoms with Crippen LogP contribution in [0.15, 0.2) is 29.1 Å². The normalized spacial score (nSPS) is 14.8. The monoisotopic (exact) mass is 387 g/mol. The second-order valence-electron chi connectivity index (χ2n) is 6.39. The summed E-state index contributed by atoms with van der Waals surface area (Å²) < 4.78 is 2.08. The Morgan fingerprint density at radius 2 is 1.88 bits per heavy atom. The molecule has 0 spiro atoms. The molecule has 1 N–H and O–H groups in total. The molecule has 1 aliphatic heterocycles. The number of nitrogens with zero attached hydrogens (tertiary/aromatic N) is 4. The minimum absolute atomic E-state index is 0.270. The quantitative estimate of drug-likeness (QED) is 0.677. The molecule has 1 fully saturated rings. The van der Waals surface area contributed by atoms with E-state index >= 15 is 0 Å². The van der Waals surface area contributed by atoms with Crippen LogP contribution in [0.2, 0.25) is 5.02 Å². The van der Waals surface area contributed by atoms with Crippen molar-refractivity contribution >= 4 is 40.8 Å². The summed E-state index contributed by atoms with van der Waals surface area (Å²) in [6.45, 7) is 3.61. The number of rotatable bonds is 2. The molecule has 1 saturated heterocycles. The van der Waals surface area contributed by atoms with E-state index in [-0.39, 0.29) is 5.56 Å². The molecule has 134 valence electrons. The van der Waals surface area contributed by atoms with E-state index in [1.807, 2.05) is 25.1 Å². The van der Waals surface area contributed by atoms with E-state index in [4.69, 9.17) is 23.8 Å². The zero-order chi connectivity index (χ0) is 18.3. The van der Waals surface area contributed by atoms with E-state index < -0.39 is 0 Å². The summed E-state index contributed by atoms with van der Waals surface area (Å²) in [4.78, 5) is 26.9. The molecule has 8 heteroatoms. The third kappa shape index (κ3) is 2.91. The van der Waals surface area contributed by atoms with Crippen LogP contribution in [0.1, 0.15) is 25.1 Å². The summed E-state index contributed by atoms with van der Waals surface area (Å²) >= 11 is 11.9. The molecule has 0 aliphatic carbocycles. The van der Waals surface area contributed by atoms with E-state index in [9.17, 15) is 4.79 Å². The van der Waals surface area contributed by atoms with Crippen LogP contribution in [0.3, 0.4) is 0 Å². The maximum absolute atomic E-state index is 12.8. The second-order valence-corrected chi connectivity index (χ2v) is 7.18. The van der Waals surface area contributed by atoms with Gasteiger partial charge in [0, 0.05) is 13.1 Å². The van der Waals surface area contributed by atoms with Gasteiger partial charge in [-0.25, -0.2) is 4.98 Å². The molecule has 0 radical (unpaired) electrons. The predicted molar refractivity (Wildman–Crippen MR) is 106 cm³/mol. The zero-order valence-corrected chi connectivity index (χ0v) is 15.9. The molecule has 0 saturated carbocycles. The van der Waals surface area contributed by atoms with Crippen LogP contribution in [0.4, 0.5) is 5.95 Å². The Hall–Kier alpha value is -2.25. The lowest BCUT2D eigenvalue weighted by atomic mass is 10.1. The first-order chi connectivity index (χ1) is 12.6. The van der Waals surface area contributed by atoms with Crippen LogP contribution in [-0.4, -0.2) is 32.6 Å². The van der Waals surface area contributed by atoms with Gasteiger partial charge in [-0.15, -0.1) is 0 Å². The highest BCUT2D eigenvalue weighted by Crippen LogP contribution is 2.24. The highest BCUT2D eigenvalue weighted by Gasteiger charge is 2.18. The Balaban J connectivity index is 1.94. The molecule has 2 aromatic heterocycles. The van der Waals surface area contributed by atoms with Gasteiger partial charge in [-0.1, -0.05) is 36.0 Å². The van der Waals surface area contributed by atoms with Crippen LogP contribution < -0.4 is 10.5 Å². The zero-order valence-electron chi connectivity index (χ0n) is 14.3. The van der Waals surface area contributed by atoms with Crippen LogP contribution in [0.25, 0.3) is 16.7 Å². The smallest absolute Gasteiger partial charge is 0.264 e. The summed E-state index contributed by atoms with van der Waals surface area (Å²) in [5, 5.41) is 0.855. The van der Waals surface area contributed by atoms with Gasteiger partial charge in [-0.3, -0.25) is 14.3 Å². The number of fused-ring (bicyclic) bond motifs is 1. The number of piperidine rings is 1. The van der Waals surface area contributed by atoms with Crippen LogP contribution in [0.5, 0.6) is 0 Å². The average Bonchev–Trinajstić information content (AvgIpc) is 2.63. The van der Waals surface area contributed by atoms with E-state index in [2.05, 4.69) is 19.9 Å². The molecule has 0 bridgehead atoms. The van der Waals surface area contributed by atoms with Crippen molar-refractivity contribution in [3.8, 4) is 5.69 Å². The number of H-pyrrole nitrogens is 1. The van der Waals surface area contributed by atoms with Crippen LogP contribution >= 0.6 is 23.8 Å². The van der Waals surface area contributed by atoms with E-state index in [0.717, 1.165) is 25.9 Å². The lowest BCUT2D eigenvalue weighted by Crippen LogP contribution is -2.32. The number of anilines is 1. The minimum Gasteiger partial charge on any atom is -0.342 e. The minimum atomic E-state index is -0.270. The number of aromatic nitrogens is 4. The van der Waals surface area contributed by atoms with Crippen molar-refractivity contribution < 1.29 is 0 Å². The molecule has 0 atom stereocenters. The first-order valence-electron chi connectivity index (χ1n) is 8.60. The molecule has 3 heterocycles. The topological polar surface area (TPSA) is 66.8 Å². The molecule has 1 aromatic carbocycles. The van der Waals surface area contributed by atoms with Crippen molar-refractivity contribution in [1.29, 1.82) is 0 Å². The average molecular weight is 388 g/mol. The van der Waals surface area contributed by atoms with Gasteiger partial charge in [0.1, 0.15) is 15.9 Å². The largest absolute Gasteiger partial charge is 0.342 e. The molecule has 26 heavy (non-hydrogen) atoms. The highest BCUT2D eigenvalue weighted by atomic mass is 35.5. The van der Waals surface area contributed by atoms with E-state index in [1.54, 1.807) is 10.6 Å². The number of halogens is 1. The van der Waals surface area contributed by atoms with Gasteiger partial charge in [0.2, 0.25) is 5.95 Å². The Labute approximate surface area is 160 Å². The van der Waals surface area contributed by atoms with Crippen molar-refractivity contribution in [3.05, 3.63) is 50.1 Å². The summed E-state index contributed by atoms with van der Waals surface area (Å²) in [6, 6.07) is 7.35. The molecule has 0 unspecified atom stereocenters. The fraction of sp³-hybridized carbons (Fsp3) is 0.333. The molecular weight excluding hydrogens is 370 g/mol. The van der Waals surface area contributed by atoms with Gasteiger partial charge < -0.3 is 4.90 Å².